The summed E-state index contributed by atoms with van der Waals surface area (Å²) in [6, 6.07) is 4.92. The molecule has 2 aromatic rings. The van der Waals surface area contributed by atoms with Crippen LogP contribution in [0, 0.1) is 19.7 Å². The number of nitrogens with zero attached hydrogens (tertiary/aromatic N) is 2. The van der Waals surface area contributed by atoms with Crippen LogP contribution in [-0.4, -0.2) is 9.78 Å². The summed E-state index contributed by atoms with van der Waals surface area (Å²) in [5.41, 5.74) is 3.51. The summed E-state index contributed by atoms with van der Waals surface area (Å²) in [4.78, 5) is 0. The van der Waals surface area contributed by atoms with Crippen LogP contribution in [0.15, 0.2) is 18.2 Å². The summed E-state index contributed by atoms with van der Waals surface area (Å²) in [6.07, 6.45) is 0. The van der Waals surface area contributed by atoms with Crippen LogP contribution in [-0.2, 0) is 13.6 Å². The van der Waals surface area contributed by atoms with Crippen molar-refractivity contribution >= 4 is 17.3 Å². The molecule has 1 aromatic heterocycles. The van der Waals surface area contributed by atoms with Crippen LogP contribution in [0.1, 0.15) is 17.0 Å². The van der Waals surface area contributed by atoms with Gasteiger partial charge in [-0.2, -0.15) is 5.10 Å². The average Bonchev–Trinajstić information content (AvgIpc) is 2.56. The largest absolute Gasteiger partial charge is 0.378 e. The summed E-state index contributed by atoms with van der Waals surface area (Å²) in [5, 5.41) is 7.50. The topological polar surface area (TPSA) is 29.9 Å². The molecule has 0 aliphatic rings. The smallest absolute Gasteiger partial charge is 0.164 e. The first-order chi connectivity index (χ1) is 8.50. The van der Waals surface area contributed by atoms with Gasteiger partial charge in [-0.1, -0.05) is 17.7 Å². The monoisotopic (exact) mass is 267 g/mol. The number of benzene rings is 1. The number of halogens is 2. The first-order valence-corrected chi connectivity index (χ1v) is 6.05. The lowest BCUT2D eigenvalue weighted by Gasteiger charge is -2.08. The first-order valence-electron chi connectivity index (χ1n) is 5.67. The molecule has 0 unspecified atom stereocenters. The quantitative estimate of drug-likeness (QED) is 0.923. The molecule has 0 bridgehead atoms. The molecule has 1 N–H and O–H groups in total. The molecule has 18 heavy (non-hydrogen) atoms. The van der Waals surface area contributed by atoms with Crippen molar-refractivity contribution in [3.63, 3.8) is 0 Å². The minimum atomic E-state index is -0.418. The Kier molecular flexibility index (Phi) is 3.57. The van der Waals surface area contributed by atoms with E-state index in [0.717, 1.165) is 17.0 Å². The van der Waals surface area contributed by atoms with Crippen LogP contribution in [0.4, 0.5) is 10.1 Å². The number of rotatable bonds is 3. The van der Waals surface area contributed by atoms with E-state index >= 15 is 0 Å². The molecule has 0 radical (unpaired) electrons. The lowest BCUT2D eigenvalue weighted by atomic mass is 10.2. The highest BCUT2D eigenvalue weighted by molar-refractivity contribution is 6.31. The van der Waals surface area contributed by atoms with Gasteiger partial charge in [-0.25, -0.2) is 4.39 Å². The maximum Gasteiger partial charge on any atom is 0.164 e. The third-order valence-corrected chi connectivity index (χ3v) is 3.36. The van der Waals surface area contributed by atoms with Crippen molar-refractivity contribution in [1.29, 1.82) is 0 Å². The zero-order valence-corrected chi connectivity index (χ0v) is 11.3. The molecule has 0 atom stereocenters. The third kappa shape index (κ3) is 2.34. The Balaban J connectivity index is 2.19. The predicted octanol–water partition coefficient (Wildman–Crippen LogP) is 3.44. The van der Waals surface area contributed by atoms with E-state index in [9.17, 15) is 4.39 Å². The first kappa shape index (κ1) is 12.9. The molecule has 0 aliphatic carbocycles. The highest BCUT2D eigenvalue weighted by Crippen LogP contribution is 2.23. The van der Waals surface area contributed by atoms with Crippen LogP contribution in [0.3, 0.4) is 0 Å². The molecule has 3 nitrogen and oxygen atoms in total. The van der Waals surface area contributed by atoms with Gasteiger partial charge in [0.15, 0.2) is 5.82 Å². The standard InChI is InChI=1S/C13H15ClFN3/c1-8-10(9(2)18(3)17-8)7-16-12-6-4-5-11(14)13(12)15/h4-6,16H,7H2,1-3H3. The number of hydrogen-bond donors (Lipinski definition) is 1. The number of aryl methyl sites for hydroxylation is 2. The van der Waals surface area contributed by atoms with E-state index in [0.29, 0.717) is 12.2 Å². The molecule has 0 saturated heterocycles. The van der Waals surface area contributed by atoms with E-state index in [1.54, 1.807) is 12.1 Å². The van der Waals surface area contributed by atoms with Gasteiger partial charge in [-0.05, 0) is 26.0 Å². The van der Waals surface area contributed by atoms with Gasteiger partial charge in [0.05, 0.1) is 16.4 Å². The van der Waals surface area contributed by atoms with Crippen molar-refractivity contribution in [1.82, 2.24) is 9.78 Å². The number of aromatic nitrogens is 2. The van der Waals surface area contributed by atoms with Gasteiger partial charge in [0, 0.05) is 24.8 Å². The minimum Gasteiger partial charge on any atom is -0.378 e. The summed E-state index contributed by atoms with van der Waals surface area (Å²) >= 11 is 5.73. The maximum absolute atomic E-state index is 13.7. The van der Waals surface area contributed by atoms with Gasteiger partial charge in [-0.3, -0.25) is 4.68 Å². The second-order valence-corrected chi connectivity index (χ2v) is 4.64. The van der Waals surface area contributed by atoms with Crippen molar-refractivity contribution in [3.05, 3.63) is 46.0 Å². The molecule has 2 rings (SSSR count). The Labute approximate surface area is 111 Å². The van der Waals surface area contributed by atoms with E-state index < -0.39 is 5.82 Å². The molecule has 1 aromatic carbocycles. The van der Waals surface area contributed by atoms with Crippen molar-refractivity contribution in [3.8, 4) is 0 Å². The van der Waals surface area contributed by atoms with Gasteiger partial charge in [-0.15, -0.1) is 0 Å². The lowest BCUT2D eigenvalue weighted by Crippen LogP contribution is -2.04. The van der Waals surface area contributed by atoms with Gasteiger partial charge < -0.3 is 5.32 Å². The van der Waals surface area contributed by atoms with Crippen molar-refractivity contribution in [2.75, 3.05) is 5.32 Å². The molecule has 0 fully saturated rings. The zero-order valence-electron chi connectivity index (χ0n) is 10.6. The summed E-state index contributed by atoms with van der Waals surface area (Å²) in [7, 11) is 1.89. The zero-order chi connectivity index (χ0) is 13.3. The van der Waals surface area contributed by atoms with E-state index in [1.165, 1.54) is 6.07 Å². The summed E-state index contributed by atoms with van der Waals surface area (Å²) < 4.78 is 15.5. The maximum atomic E-state index is 13.7. The fraction of sp³-hybridized carbons (Fsp3) is 0.308. The number of hydrogen-bond acceptors (Lipinski definition) is 2. The Bertz CT molecular complexity index is 578. The molecule has 5 heteroatoms. The molecule has 0 saturated carbocycles. The average molecular weight is 268 g/mol. The second-order valence-electron chi connectivity index (χ2n) is 4.23. The van der Waals surface area contributed by atoms with Gasteiger partial charge in [0.25, 0.3) is 0 Å². The SMILES string of the molecule is Cc1nn(C)c(C)c1CNc1cccc(Cl)c1F. The van der Waals surface area contributed by atoms with Crippen molar-refractivity contribution < 1.29 is 4.39 Å². The fourth-order valence-electron chi connectivity index (χ4n) is 1.90. The Morgan fingerprint density at radius 2 is 2.11 bits per heavy atom. The molecular formula is C13H15ClFN3. The van der Waals surface area contributed by atoms with Gasteiger partial charge in [0.1, 0.15) is 0 Å². The normalized spacial score (nSPS) is 10.7. The van der Waals surface area contributed by atoms with Crippen molar-refractivity contribution in [2.45, 2.75) is 20.4 Å². The molecule has 96 valence electrons. The van der Waals surface area contributed by atoms with E-state index in [1.807, 2.05) is 25.6 Å². The summed E-state index contributed by atoms with van der Waals surface area (Å²) in [6.45, 7) is 4.46. The third-order valence-electron chi connectivity index (χ3n) is 3.07. The Morgan fingerprint density at radius 3 is 2.72 bits per heavy atom. The molecule has 0 spiro atoms. The number of anilines is 1. The predicted molar refractivity (Wildman–Crippen MR) is 71.4 cm³/mol. The molecule has 0 amide bonds. The van der Waals surface area contributed by atoms with Crippen LogP contribution >= 0.6 is 11.6 Å². The van der Waals surface area contributed by atoms with Crippen LogP contribution in [0.5, 0.6) is 0 Å². The fourth-order valence-corrected chi connectivity index (χ4v) is 2.07. The minimum absolute atomic E-state index is 0.125. The number of nitrogens with one attached hydrogen (secondary N) is 1. The molecular weight excluding hydrogens is 253 g/mol. The Hall–Kier alpha value is -1.55. The Morgan fingerprint density at radius 1 is 1.39 bits per heavy atom. The molecule has 0 aliphatic heterocycles. The highest BCUT2D eigenvalue weighted by atomic mass is 35.5. The van der Waals surface area contributed by atoms with Crippen LogP contribution in [0.25, 0.3) is 0 Å². The van der Waals surface area contributed by atoms with Gasteiger partial charge in [0.2, 0.25) is 0 Å². The summed E-state index contributed by atoms with van der Waals surface area (Å²) in [5.74, 6) is -0.418. The second kappa shape index (κ2) is 4.98. The van der Waals surface area contributed by atoms with E-state index in [-0.39, 0.29) is 5.02 Å². The lowest BCUT2D eigenvalue weighted by molar-refractivity contribution is 0.630. The van der Waals surface area contributed by atoms with Gasteiger partial charge >= 0.3 is 0 Å². The van der Waals surface area contributed by atoms with E-state index in [4.69, 9.17) is 11.6 Å². The van der Waals surface area contributed by atoms with Crippen LogP contribution in [0.2, 0.25) is 5.02 Å². The van der Waals surface area contributed by atoms with E-state index in [2.05, 4.69) is 10.4 Å². The molecule has 1 heterocycles. The van der Waals surface area contributed by atoms with Crippen molar-refractivity contribution in [2.24, 2.45) is 7.05 Å². The highest BCUT2D eigenvalue weighted by Gasteiger charge is 2.11. The van der Waals surface area contributed by atoms with Crippen LogP contribution < -0.4 is 5.32 Å².